The van der Waals surface area contributed by atoms with Gasteiger partial charge in [0, 0.05) is 6.54 Å². The third-order valence-electron chi connectivity index (χ3n) is 2.19. The third-order valence-corrected chi connectivity index (χ3v) is 2.19. The first-order valence-electron chi connectivity index (χ1n) is 5.78. The monoisotopic (exact) mass is 289 g/mol. The number of aliphatic imine (C=N–C) groups is 1. The van der Waals surface area contributed by atoms with E-state index in [9.17, 15) is 14.4 Å². The lowest BCUT2D eigenvalue weighted by molar-refractivity contribution is -0.162. The molecule has 0 spiro atoms. The highest BCUT2D eigenvalue weighted by molar-refractivity contribution is 5.90. The summed E-state index contributed by atoms with van der Waals surface area (Å²) in [5, 5.41) is 8.49. The predicted molar refractivity (Wildman–Crippen MR) is 69.2 cm³/mol. The number of guanidine groups is 1. The summed E-state index contributed by atoms with van der Waals surface area (Å²) in [4.78, 5) is 36.7. The molecular formula is C10H19N5O5. The number of carboxylic acids is 1. The molecular weight excluding hydrogens is 270 g/mol. The first-order valence-corrected chi connectivity index (χ1v) is 5.78. The molecule has 0 aliphatic heterocycles. The Morgan fingerprint density at radius 2 is 1.75 bits per heavy atom. The molecule has 0 aliphatic carbocycles. The van der Waals surface area contributed by atoms with Gasteiger partial charge in [-0.2, -0.15) is 0 Å². The highest BCUT2D eigenvalue weighted by Gasteiger charge is 2.22. The molecule has 0 saturated carbocycles. The second-order valence-corrected chi connectivity index (χ2v) is 4.00. The fraction of sp³-hybridized carbons (Fsp3) is 0.600. The molecule has 10 nitrogen and oxygen atoms in total. The zero-order valence-electron chi connectivity index (χ0n) is 10.8. The minimum absolute atomic E-state index is 0.0704. The second-order valence-electron chi connectivity index (χ2n) is 4.00. The van der Waals surface area contributed by atoms with Crippen LogP contribution in [0.5, 0.6) is 0 Å². The number of hydrogen-bond acceptors (Lipinski definition) is 7. The lowest BCUT2D eigenvalue weighted by Crippen LogP contribution is -2.37. The predicted octanol–water partition coefficient (Wildman–Crippen LogP) is -2.76. The van der Waals surface area contributed by atoms with Crippen molar-refractivity contribution in [1.82, 2.24) is 0 Å². The molecule has 0 aromatic rings. The number of carbonyl (C=O) groups excluding carboxylic acids is 2. The van der Waals surface area contributed by atoms with Crippen molar-refractivity contribution < 1.29 is 24.2 Å². The van der Waals surface area contributed by atoms with Crippen molar-refractivity contribution in [3.8, 4) is 0 Å². The second kappa shape index (κ2) is 8.82. The number of esters is 2. The van der Waals surface area contributed by atoms with Crippen molar-refractivity contribution in [2.75, 3.05) is 6.54 Å². The SMILES string of the molecule is NC(N)=NCCC[C@@H](N)C(=O)OC(=O)C[C@@H](N)C(=O)O. The lowest BCUT2D eigenvalue weighted by Gasteiger charge is -2.10. The summed E-state index contributed by atoms with van der Waals surface area (Å²) in [6, 6.07) is -2.44. The molecule has 0 unspecified atom stereocenters. The van der Waals surface area contributed by atoms with Crippen LogP contribution >= 0.6 is 0 Å². The number of aliphatic carboxylic acids is 1. The molecule has 114 valence electrons. The van der Waals surface area contributed by atoms with E-state index in [2.05, 4.69) is 9.73 Å². The van der Waals surface area contributed by atoms with Crippen molar-refractivity contribution in [2.45, 2.75) is 31.3 Å². The summed E-state index contributed by atoms with van der Waals surface area (Å²) in [6.45, 7) is 0.293. The van der Waals surface area contributed by atoms with Gasteiger partial charge in [-0.15, -0.1) is 0 Å². The normalized spacial score (nSPS) is 13.1. The fourth-order valence-corrected chi connectivity index (χ4v) is 1.13. The fourth-order valence-electron chi connectivity index (χ4n) is 1.13. The largest absolute Gasteiger partial charge is 0.480 e. The minimum Gasteiger partial charge on any atom is -0.480 e. The van der Waals surface area contributed by atoms with E-state index in [1.807, 2.05) is 0 Å². The molecule has 2 atom stereocenters. The van der Waals surface area contributed by atoms with Gasteiger partial charge in [0.05, 0.1) is 6.42 Å². The first-order chi connectivity index (χ1) is 9.23. The molecule has 0 bridgehead atoms. The van der Waals surface area contributed by atoms with Crippen LogP contribution in [0.3, 0.4) is 0 Å². The Balaban J connectivity index is 4.04. The molecule has 0 amide bonds. The van der Waals surface area contributed by atoms with Gasteiger partial charge < -0.3 is 32.8 Å². The molecule has 0 heterocycles. The van der Waals surface area contributed by atoms with Crippen LogP contribution in [-0.4, -0.2) is 47.6 Å². The number of nitrogens with zero attached hydrogens (tertiary/aromatic N) is 1. The summed E-state index contributed by atoms with van der Waals surface area (Å²) in [7, 11) is 0. The van der Waals surface area contributed by atoms with Crippen molar-refractivity contribution >= 4 is 23.9 Å². The van der Waals surface area contributed by atoms with E-state index in [0.717, 1.165) is 0 Å². The van der Waals surface area contributed by atoms with E-state index in [0.29, 0.717) is 13.0 Å². The minimum atomic E-state index is -1.42. The van der Waals surface area contributed by atoms with Gasteiger partial charge in [-0.25, -0.2) is 4.79 Å². The van der Waals surface area contributed by atoms with Crippen LogP contribution in [0.15, 0.2) is 4.99 Å². The molecule has 0 fully saturated rings. The first kappa shape index (κ1) is 17.8. The molecule has 0 rings (SSSR count). The zero-order valence-corrected chi connectivity index (χ0v) is 10.8. The van der Waals surface area contributed by atoms with Crippen LogP contribution in [-0.2, 0) is 19.1 Å². The Morgan fingerprint density at radius 1 is 1.15 bits per heavy atom. The number of carboxylic acid groups (broad SMARTS) is 1. The number of nitrogens with two attached hydrogens (primary N) is 4. The number of ether oxygens (including phenoxy) is 1. The summed E-state index contributed by atoms with van der Waals surface area (Å²) in [5.41, 5.74) is 20.8. The summed E-state index contributed by atoms with van der Waals surface area (Å²) in [5.74, 6) is -3.42. The van der Waals surface area contributed by atoms with Gasteiger partial charge in [0.15, 0.2) is 5.96 Å². The maximum Gasteiger partial charge on any atom is 0.330 e. The smallest absolute Gasteiger partial charge is 0.330 e. The number of carbonyl (C=O) groups is 3. The van der Waals surface area contributed by atoms with E-state index in [1.165, 1.54) is 0 Å². The van der Waals surface area contributed by atoms with Crippen molar-refractivity contribution in [3.63, 3.8) is 0 Å². The molecule has 0 aliphatic rings. The van der Waals surface area contributed by atoms with Crippen LogP contribution in [0, 0.1) is 0 Å². The zero-order chi connectivity index (χ0) is 15.7. The molecule has 0 aromatic carbocycles. The summed E-state index contributed by atoms with van der Waals surface area (Å²) < 4.78 is 4.38. The highest BCUT2D eigenvalue weighted by Crippen LogP contribution is 2.00. The van der Waals surface area contributed by atoms with E-state index < -0.39 is 36.4 Å². The average molecular weight is 289 g/mol. The number of rotatable bonds is 8. The van der Waals surface area contributed by atoms with Crippen molar-refractivity contribution in [1.29, 1.82) is 0 Å². The highest BCUT2D eigenvalue weighted by atomic mass is 16.6. The van der Waals surface area contributed by atoms with E-state index in [-0.39, 0.29) is 12.4 Å². The molecule has 10 heteroatoms. The van der Waals surface area contributed by atoms with Crippen LogP contribution in [0.1, 0.15) is 19.3 Å². The maximum atomic E-state index is 11.4. The van der Waals surface area contributed by atoms with E-state index in [4.69, 9.17) is 28.0 Å². The maximum absolute atomic E-state index is 11.4. The van der Waals surface area contributed by atoms with Crippen LogP contribution < -0.4 is 22.9 Å². The molecule has 0 saturated heterocycles. The number of hydrogen-bond donors (Lipinski definition) is 5. The van der Waals surface area contributed by atoms with Crippen LogP contribution in [0.2, 0.25) is 0 Å². The Kier molecular flexibility index (Phi) is 7.85. The third kappa shape index (κ3) is 8.00. The Labute approximate surface area is 115 Å². The Hall–Kier alpha value is -2.20. The topological polar surface area (TPSA) is 197 Å². The van der Waals surface area contributed by atoms with Crippen LogP contribution in [0.25, 0.3) is 0 Å². The Bertz CT molecular complexity index is 393. The van der Waals surface area contributed by atoms with E-state index >= 15 is 0 Å². The van der Waals surface area contributed by atoms with Gasteiger partial charge >= 0.3 is 17.9 Å². The molecule has 9 N–H and O–H groups in total. The molecule has 0 radical (unpaired) electrons. The summed E-state index contributed by atoms with van der Waals surface area (Å²) in [6.07, 6.45) is 0.0344. The van der Waals surface area contributed by atoms with Crippen molar-refractivity contribution in [2.24, 2.45) is 27.9 Å². The Morgan fingerprint density at radius 3 is 2.25 bits per heavy atom. The average Bonchev–Trinajstić information content (AvgIpc) is 2.33. The van der Waals surface area contributed by atoms with Gasteiger partial charge in [-0.1, -0.05) is 0 Å². The van der Waals surface area contributed by atoms with Gasteiger partial charge in [0.25, 0.3) is 0 Å². The lowest BCUT2D eigenvalue weighted by atomic mass is 10.1. The quantitative estimate of drug-likeness (QED) is 0.103. The summed E-state index contributed by atoms with van der Waals surface area (Å²) >= 11 is 0. The van der Waals surface area contributed by atoms with Crippen LogP contribution in [0.4, 0.5) is 0 Å². The standard InChI is InChI=1S/C10H19N5O5/c11-5(2-1-3-15-10(13)14)9(19)20-7(16)4-6(12)8(17)18/h5-6H,1-4,11-12H2,(H,17,18)(H4,13,14,15)/t5-,6-/m1/s1. The van der Waals surface area contributed by atoms with Crippen molar-refractivity contribution in [3.05, 3.63) is 0 Å². The van der Waals surface area contributed by atoms with Gasteiger partial charge in [0.1, 0.15) is 12.1 Å². The van der Waals surface area contributed by atoms with Gasteiger partial charge in [0.2, 0.25) is 0 Å². The van der Waals surface area contributed by atoms with Gasteiger partial charge in [-0.05, 0) is 12.8 Å². The molecule has 0 aromatic heterocycles. The van der Waals surface area contributed by atoms with E-state index in [1.54, 1.807) is 0 Å². The van der Waals surface area contributed by atoms with Gasteiger partial charge in [-0.3, -0.25) is 14.6 Å². The molecule has 20 heavy (non-hydrogen) atoms.